The van der Waals surface area contributed by atoms with Crippen LogP contribution in [0.25, 0.3) is 10.9 Å². The van der Waals surface area contributed by atoms with Gasteiger partial charge in [0, 0.05) is 43.7 Å². The van der Waals surface area contributed by atoms with Gasteiger partial charge < -0.3 is 14.2 Å². The number of methoxy groups -OCH3 is 1. The van der Waals surface area contributed by atoms with E-state index in [1.165, 1.54) is 45.2 Å². The van der Waals surface area contributed by atoms with Gasteiger partial charge in [-0.2, -0.15) is 0 Å². The lowest BCUT2D eigenvalue weighted by molar-refractivity contribution is 0.00116. The van der Waals surface area contributed by atoms with Crippen molar-refractivity contribution in [3.63, 3.8) is 0 Å². The number of hydrogen-bond donors (Lipinski definition) is 0. The second-order valence-corrected chi connectivity index (χ2v) is 10.2. The van der Waals surface area contributed by atoms with Crippen molar-refractivity contribution in [1.29, 1.82) is 0 Å². The van der Waals surface area contributed by atoms with Crippen molar-refractivity contribution in [2.75, 3.05) is 33.4 Å². The van der Waals surface area contributed by atoms with Crippen LogP contribution in [0.3, 0.4) is 0 Å². The van der Waals surface area contributed by atoms with Gasteiger partial charge >= 0.3 is 0 Å². The van der Waals surface area contributed by atoms with E-state index in [1.807, 2.05) is 0 Å². The van der Waals surface area contributed by atoms with Crippen molar-refractivity contribution < 1.29 is 9.53 Å². The third-order valence-corrected chi connectivity index (χ3v) is 8.47. The van der Waals surface area contributed by atoms with Gasteiger partial charge in [0.2, 0.25) is 0 Å². The molecular weight excluding hydrogens is 398 g/mol. The monoisotopic (exact) mass is 433 g/mol. The molecule has 5 nitrogen and oxygen atoms in total. The normalized spacial score (nSPS) is 30.0. The van der Waals surface area contributed by atoms with Crippen LogP contribution in [-0.4, -0.2) is 65.7 Å². The summed E-state index contributed by atoms with van der Waals surface area (Å²) in [5.74, 6) is 1.48. The maximum atomic E-state index is 14.1. The number of carbonyl (C=O) groups excluding carboxylic acids is 1. The number of nitrogens with zero attached hydrogens (tertiary/aromatic N) is 3. The summed E-state index contributed by atoms with van der Waals surface area (Å²) in [6, 6.07) is 11.5. The standard InChI is InChI=1S/C27H35N3O2/c1-32-14-13-29-24-10-3-2-7-19(24)17-25(29)27(31)30-12-6-8-20-15-21-16-22(26(20)30)18-28-11-5-4-9-23(21)28/h2-3,7,10,15,17,21-23,26H,4-6,8-9,11-14,16,18H2,1H3/t21-,22+,23-,26-/m1/s1. The Morgan fingerprint density at radius 2 is 2.06 bits per heavy atom. The summed E-state index contributed by atoms with van der Waals surface area (Å²) in [5, 5.41) is 1.14. The summed E-state index contributed by atoms with van der Waals surface area (Å²) in [7, 11) is 1.73. The van der Waals surface area contributed by atoms with Gasteiger partial charge in [0.1, 0.15) is 5.69 Å². The van der Waals surface area contributed by atoms with Crippen molar-refractivity contribution in [3.8, 4) is 0 Å². The fourth-order valence-corrected chi connectivity index (χ4v) is 7.16. The van der Waals surface area contributed by atoms with Crippen molar-refractivity contribution in [2.24, 2.45) is 11.8 Å². The minimum absolute atomic E-state index is 0.201. The van der Waals surface area contributed by atoms with Crippen LogP contribution in [0.1, 0.15) is 49.0 Å². The lowest BCUT2D eigenvalue weighted by Crippen LogP contribution is -2.60. The van der Waals surface area contributed by atoms with Crippen LogP contribution in [0.2, 0.25) is 0 Å². The largest absolute Gasteiger partial charge is 0.383 e. The van der Waals surface area contributed by atoms with Crippen molar-refractivity contribution in [1.82, 2.24) is 14.4 Å². The van der Waals surface area contributed by atoms with E-state index in [2.05, 4.69) is 50.8 Å². The van der Waals surface area contributed by atoms with E-state index in [1.54, 1.807) is 12.7 Å². The first-order valence-corrected chi connectivity index (χ1v) is 12.6. The van der Waals surface area contributed by atoms with Gasteiger partial charge in [0.25, 0.3) is 5.91 Å². The van der Waals surface area contributed by atoms with E-state index in [0.717, 1.165) is 35.6 Å². The zero-order chi connectivity index (χ0) is 21.7. The molecule has 1 aliphatic carbocycles. The van der Waals surface area contributed by atoms with Crippen LogP contribution in [-0.2, 0) is 11.3 Å². The van der Waals surface area contributed by atoms with Gasteiger partial charge in [-0.05, 0) is 62.6 Å². The Morgan fingerprint density at radius 3 is 2.97 bits per heavy atom. The second-order valence-electron chi connectivity index (χ2n) is 10.2. The fraction of sp³-hybridized carbons (Fsp3) is 0.593. The molecule has 1 aromatic heterocycles. The van der Waals surface area contributed by atoms with Gasteiger partial charge in [-0.1, -0.05) is 36.3 Å². The molecular formula is C27H35N3O2. The molecule has 1 amide bonds. The summed E-state index contributed by atoms with van der Waals surface area (Å²) >= 11 is 0. The number of likely N-dealkylation sites (tertiary alicyclic amines) is 1. The van der Waals surface area contributed by atoms with E-state index >= 15 is 0 Å². The number of piperidine rings is 3. The molecule has 4 heterocycles. The summed E-state index contributed by atoms with van der Waals surface area (Å²) in [5.41, 5.74) is 3.49. The van der Waals surface area contributed by atoms with Gasteiger partial charge in [0.05, 0.1) is 12.6 Å². The molecule has 4 aliphatic rings. The van der Waals surface area contributed by atoms with Crippen LogP contribution < -0.4 is 0 Å². The number of hydrogen-bond acceptors (Lipinski definition) is 3. The molecule has 3 saturated heterocycles. The molecule has 6 rings (SSSR count). The topological polar surface area (TPSA) is 37.7 Å². The highest BCUT2D eigenvalue weighted by atomic mass is 16.5. The molecule has 2 bridgehead atoms. The molecule has 0 unspecified atom stereocenters. The highest BCUT2D eigenvalue weighted by Crippen LogP contribution is 2.45. The first-order valence-electron chi connectivity index (χ1n) is 12.6. The fourth-order valence-electron chi connectivity index (χ4n) is 7.16. The first-order chi connectivity index (χ1) is 15.7. The zero-order valence-electron chi connectivity index (χ0n) is 19.2. The molecule has 0 N–H and O–H groups in total. The molecule has 5 heteroatoms. The van der Waals surface area contributed by atoms with Gasteiger partial charge in [0.15, 0.2) is 0 Å². The summed E-state index contributed by atoms with van der Waals surface area (Å²) in [6.07, 6.45) is 10.2. The van der Waals surface area contributed by atoms with E-state index < -0.39 is 0 Å². The molecule has 170 valence electrons. The highest BCUT2D eigenvalue weighted by molar-refractivity contribution is 5.99. The molecule has 3 aliphatic heterocycles. The second kappa shape index (κ2) is 8.35. The maximum Gasteiger partial charge on any atom is 0.271 e. The third-order valence-electron chi connectivity index (χ3n) is 8.47. The molecule has 32 heavy (non-hydrogen) atoms. The number of rotatable bonds is 4. The molecule has 4 atom stereocenters. The number of ether oxygens (including phenoxy) is 1. The first kappa shape index (κ1) is 20.5. The average Bonchev–Trinajstić information content (AvgIpc) is 3.20. The number of aromatic nitrogens is 1. The van der Waals surface area contributed by atoms with Gasteiger partial charge in [-0.25, -0.2) is 0 Å². The van der Waals surface area contributed by atoms with Crippen molar-refractivity contribution in [2.45, 2.75) is 57.2 Å². The molecule has 0 radical (unpaired) electrons. The van der Waals surface area contributed by atoms with E-state index in [9.17, 15) is 4.79 Å². The maximum absolute atomic E-state index is 14.1. The van der Waals surface area contributed by atoms with Crippen LogP contribution in [0.15, 0.2) is 42.0 Å². The minimum Gasteiger partial charge on any atom is -0.383 e. The van der Waals surface area contributed by atoms with Gasteiger partial charge in [-0.3, -0.25) is 9.69 Å². The van der Waals surface area contributed by atoms with Crippen LogP contribution in [0.4, 0.5) is 0 Å². The average molecular weight is 434 g/mol. The Bertz CT molecular complexity index is 1040. The number of benzene rings is 1. The molecule has 1 aromatic carbocycles. The number of carbonyl (C=O) groups is 1. The van der Waals surface area contributed by atoms with E-state index in [0.29, 0.717) is 25.0 Å². The quantitative estimate of drug-likeness (QED) is 0.674. The predicted molar refractivity (Wildman–Crippen MR) is 127 cm³/mol. The Hall–Kier alpha value is -2.11. The van der Waals surface area contributed by atoms with E-state index in [4.69, 9.17) is 4.74 Å². The minimum atomic E-state index is 0.201. The Morgan fingerprint density at radius 1 is 1.16 bits per heavy atom. The summed E-state index contributed by atoms with van der Waals surface area (Å²) < 4.78 is 7.55. The number of para-hydroxylation sites is 1. The molecule has 0 saturated carbocycles. The summed E-state index contributed by atoms with van der Waals surface area (Å²) in [6.45, 7) is 4.59. The highest BCUT2D eigenvalue weighted by Gasteiger charge is 2.47. The Labute approximate surface area is 191 Å². The van der Waals surface area contributed by atoms with Crippen LogP contribution >= 0.6 is 0 Å². The SMILES string of the molecule is COCCn1c(C(=O)N2CCCC3=C[C@@H]4C[C@@H](CN5CCCC[C@H]45)[C@@H]32)cc2ccccc21. The van der Waals surface area contributed by atoms with Crippen LogP contribution in [0.5, 0.6) is 0 Å². The smallest absolute Gasteiger partial charge is 0.271 e. The third kappa shape index (κ3) is 3.32. The molecule has 3 fully saturated rings. The predicted octanol–water partition coefficient (Wildman–Crippen LogP) is 4.32. The molecule has 2 aromatic rings. The lowest BCUT2D eigenvalue weighted by Gasteiger charge is -2.54. The number of amides is 1. The number of fused-ring (bicyclic) bond motifs is 7. The van der Waals surface area contributed by atoms with Gasteiger partial charge in [-0.15, -0.1) is 0 Å². The van der Waals surface area contributed by atoms with E-state index in [-0.39, 0.29) is 11.9 Å². The lowest BCUT2D eigenvalue weighted by atomic mass is 9.68. The Kier molecular flexibility index (Phi) is 5.34. The summed E-state index contributed by atoms with van der Waals surface area (Å²) in [4.78, 5) is 19.1. The Balaban J connectivity index is 1.35. The van der Waals surface area contributed by atoms with Crippen LogP contribution in [0, 0.1) is 11.8 Å². The molecule has 0 spiro atoms. The zero-order valence-corrected chi connectivity index (χ0v) is 19.2. The van der Waals surface area contributed by atoms with Crippen molar-refractivity contribution >= 4 is 16.8 Å². The van der Waals surface area contributed by atoms with Crippen molar-refractivity contribution in [3.05, 3.63) is 47.7 Å².